The number of ether oxygens (including phenoxy) is 1. The lowest BCUT2D eigenvalue weighted by Crippen LogP contribution is -2.37. The van der Waals surface area contributed by atoms with Crippen molar-refractivity contribution in [1.82, 2.24) is 5.32 Å². The molecule has 1 atom stereocenters. The summed E-state index contributed by atoms with van der Waals surface area (Å²) in [4.78, 5) is 33.0. The van der Waals surface area contributed by atoms with Crippen LogP contribution in [0.25, 0.3) is 0 Å². The molecule has 110 valence electrons. The lowest BCUT2D eigenvalue weighted by atomic mass is 10.1. The molecule has 19 heavy (non-hydrogen) atoms. The van der Waals surface area contributed by atoms with Crippen molar-refractivity contribution in [2.24, 2.45) is 5.73 Å². The van der Waals surface area contributed by atoms with Gasteiger partial charge in [-0.25, -0.2) is 4.79 Å². The van der Waals surface area contributed by atoms with E-state index in [9.17, 15) is 14.4 Å². The number of unbranched alkanes of at least 4 members (excludes halogenated alkanes) is 1. The van der Waals surface area contributed by atoms with Gasteiger partial charge in [-0.3, -0.25) is 9.59 Å². The zero-order valence-electron chi connectivity index (χ0n) is 11.6. The highest BCUT2D eigenvalue weighted by Crippen LogP contribution is 2.06. The van der Waals surface area contributed by atoms with Crippen molar-refractivity contribution in [3.8, 4) is 0 Å². The molecule has 4 N–H and O–H groups in total. The average Bonchev–Trinajstić information content (AvgIpc) is 2.25. The quantitative estimate of drug-likeness (QED) is 0.357. The van der Waals surface area contributed by atoms with Crippen LogP contribution in [-0.2, 0) is 19.1 Å². The minimum Gasteiger partial charge on any atom is -0.480 e. The van der Waals surface area contributed by atoms with Gasteiger partial charge < -0.3 is 20.9 Å². The SMILES string of the molecule is CC(C)(C)OC(=O)C(=O)NCCCC[C@H](N)C(=O)O. The Morgan fingerprint density at radius 2 is 1.84 bits per heavy atom. The van der Waals surface area contributed by atoms with Crippen molar-refractivity contribution in [3.63, 3.8) is 0 Å². The number of rotatable bonds is 6. The van der Waals surface area contributed by atoms with Crippen LogP contribution in [0.1, 0.15) is 40.0 Å². The van der Waals surface area contributed by atoms with Gasteiger partial charge in [0.05, 0.1) is 0 Å². The fraction of sp³-hybridized carbons (Fsp3) is 0.750. The van der Waals surface area contributed by atoms with E-state index >= 15 is 0 Å². The second kappa shape index (κ2) is 7.73. The number of nitrogens with one attached hydrogen (secondary N) is 1. The highest BCUT2D eigenvalue weighted by Gasteiger charge is 2.22. The molecule has 0 bridgehead atoms. The molecule has 0 aliphatic heterocycles. The summed E-state index contributed by atoms with van der Waals surface area (Å²) in [6, 6.07) is -0.887. The monoisotopic (exact) mass is 274 g/mol. The van der Waals surface area contributed by atoms with Gasteiger partial charge >= 0.3 is 17.8 Å². The van der Waals surface area contributed by atoms with E-state index in [4.69, 9.17) is 15.6 Å². The van der Waals surface area contributed by atoms with Gasteiger partial charge in [0.15, 0.2) is 0 Å². The van der Waals surface area contributed by atoms with E-state index in [1.807, 2.05) is 0 Å². The topological polar surface area (TPSA) is 119 Å². The number of esters is 1. The smallest absolute Gasteiger partial charge is 0.397 e. The number of hydrogen-bond acceptors (Lipinski definition) is 5. The zero-order valence-corrected chi connectivity index (χ0v) is 11.6. The molecular weight excluding hydrogens is 252 g/mol. The molecular formula is C12H22N2O5. The number of nitrogens with two attached hydrogens (primary N) is 1. The number of carbonyl (C=O) groups is 3. The number of carboxylic acid groups (broad SMARTS) is 1. The average molecular weight is 274 g/mol. The summed E-state index contributed by atoms with van der Waals surface area (Å²) in [5.74, 6) is -2.76. The third-order valence-corrected chi connectivity index (χ3v) is 2.13. The molecule has 0 rings (SSSR count). The van der Waals surface area contributed by atoms with Crippen LogP contribution >= 0.6 is 0 Å². The predicted molar refractivity (Wildman–Crippen MR) is 68.3 cm³/mol. The van der Waals surface area contributed by atoms with Crippen LogP contribution in [0.3, 0.4) is 0 Å². The van der Waals surface area contributed by atoms with Crippen molar-refractivity contribution in [1.29, 1.82) is 0 Å². The maximum atomic E-state index is 11.3. The predicted octanol–water partition coefficient (Wildman–Crippen LogP) is 0.0265. The molecule has 0 radical (unpaired) electrons. The first-order valence-electron chi connectivity index (χ1n) is 6.13. The van der Waals surface area contributed by atoms with E-state index in [0.717, 1.165) is 0 Å². The van der Waals surface area contributed by atoms with E-state index in [0.29, 0.717) is 19.3 Å². The Bertz CT molecular complexity index is 336. The second-order valence-electron chi connectivity index (χ2n) is 5.20. The fourth-order valence-electron chi connectivity index (χ4n) is 1.21. The highest BCUT2D eigenvalue weighted by atomic mass is 16.6. The van der Waals surface area contributed by atoms with Crippen LogP contribution in [0.5, 0.6) is 0 Å². The fourth-order valence-corrected chi connectivity index (χ4v) is 1.21. The molecule has 0 aromatic heterocycles. The van der Waals surface area contributed by atoms with E-state index < -0.39 is 29.5 Å². The molecule has 0 heterocycles. The molecule has 0 saturated heterocycles. The Morgan fingerprint density at radius 1 is 1.26 bits per heavy atom. The number of carboxylic acids is 1. The van der Waals surface area contributed by atoms with Gasteiger partial charge in [-0.1, -0.05) is 0 Å². The minimum atomic E-state index is -1.04. The lowest BCUT2D eigenvalue weighted by Gasteiger charge is -2.18. The number of carbonyl (C=O) groups excluding carboxylic acids is 2. The summed E-state index contributed by atoms with van der Waals surface area (Å²) in [5, 5.41) is 11.0. The van der Waals surface area contributed by atoms with Crippen LogP contribution in [0.15, 0.2) is 0 Å². The molecule has 0 fully saturated rings. The molecule has 0 aliphatic rings. The molecule has 0 aliphatic carbocycles. The summed E-state index contributed by atoms with van der Waals surface area (Å²) in [6.45, 7) is 5.30. The van der Waals surface area contributed by atoms with Crippen molar-refractivity contribution in [2.45, 2.75) is 51.7 Å². The molecule has 7 heteroatoms. The molecule has 0 spiro atoms. The largest absolute Gasteiger partial charge is 0.480 e. The Morgan fingerprint density at radius 3 is 2.32 bits per heavy atom. The van der Waals surface area contributed by atoms with Crippen LogP contribution < -0.4 is 11.1 Å². The summed E-state index contributed by atoms with van der Waals surface area (Å²) in [7, 11) is 0. The Labute approximate surface area is 112 Å². The Balaban J connectivity index is 3.75. The molecule has 0 aromatic rings. The molecule has 0 saturated carbocycles. The maximum Gasteiger partial charge on any atom is 0.397 e. The van der Waals surface area contributed by atoms with Crippen molar-refractivity contribution in [2.75, 3.05) is 6.54 Å². The van der Waals surface area contributed by atoms with Crippen LogP contribution in [0.4, 0.5) is 0 Å². The summed E-state index contributed by atoms with van der Waals surface area (Å²) < 4.78 is 4.88. The third-order valence-electron chi connectivity index (χ3n) is 2.13. The lowest BCUT2D eigenvalue weighted by molar-refractivity contribution is -0.163. The maximum absolute atomic E-state index is 11.3. The third kappa shape index (κ3) is 9.01. The van der Waals surface area contributed by atoms with E-state index in [1.165, 1.54) is 0 Å². The molecule has 0 aromatic carbocycles. The molecule has 7 nitrogen and oxygen atoms in total. The van der Waals surface area contributed by atoms with Gasteiger partial charge in [-0.15, -0.1) is 0 Å². The first-order valence-corrected chi connectivity index (χ1v) is 6.13. The summed E-state index contributed by atoms with van der Waals surface area (Å²) >= 11 is 0. The molecule has 0 unspecified atom stereocenters. The Kier molecular flexibility index (Phi) is 7.06. The first kappa shape index (κ1) is 17.4. The van der Waals surface area contributed by atoms with Gasteiger partial charge in [0.25, 0.3) is 0 Å². The summed E-state index contributed by atoms with van der Waals surface area (Å²) in [6.07, 6.45) is 1.44. The van der Waals surface area contributed by atoms with Crippen molar-refractivity contribution >= 4 is 17.8 Å². The normalized spacial score (nSPS) is 12.6. The van der Waals surface area contributed by atoms with Gasteiger partial charge in [-0.05, 0) is 40.0 Å². The standard InChI is InChI=1S/C12H22N2O5/c1-12(2,3)19-11(18)9(15)14-7-5-4-6-8(13)10(16)17/h8H,4-7,13H2,1-3H3,(H,14,15)(H,16,17)/t8-/m0/s1. The zero-order chi connectivity index (χ0) is 15.1. The number of amides is 1. The van der Waals surface area contributed by atoms with Gasteiger partial charge in [-0.2, -0.15) is 0 Å². The Hall–Kier alpha value is -1.63. The molecule has 1 amide bonds. The number of hydrogen-bond donors (Lipinski definition) is 3. The van der Waals surface area contributed by atoms with E-state index in [2.05, 4.69) is 5.32 Å². The highest BCUT2D eigenvalue weighted by molar-refractivity contribution is 6.32. The van der Waals surface area contributed by atoms with Crippen LogP contribution in [0.2, 0.25) is 0 Å². The van der Waals surface area contributed by atoms with E-state index in [-0.39, 0.29) is 6.54 Å². The summed E-state index contributed by atoms with van der Waals surface area (Å²) in [5.41, 5.74) is 4.61. The first-order chi connectivity index (χ1) is 8.63. The van der Waals surface area contributed by atoms with Gasteiger partial charge in [0, 0.05) is 6.54 Å². The van der Waals surface area contributed by atoms with Gasteiger partial charge in [0.1, 0.15) is 11.6 Å². The van der Waals surface area contributed by atoms with Gasteiger partial charge in [0.2, 0.25) is 0 Å². The second-order valence-corrected chi connectivity index (χ2v) is 5.20. The minimum absolute atomic E-state index is 0.282. The van der Waals surface area contributed by atoms with E-state index in [1.54, 1.807) is 20.8 Å². The van der Waals surface area contributed by atoms with Crippen molar-refractivity contribution < 1.29 is 24.2 Å². The number of aliphatic carboxylic acids is 1. The van der Waals surface area contributed by atoms with Crippen molar-refractivity contribution in [3.05, 3.63) is 0 Å². The van der Waals surface area contributed by atoms with Crippen LogP contribution in [-0.4, -0.2) is 41.1 Å². The van der Waals surface area contributed by atoms with Crippen LogP contribution in [0, 0.1) is 0 Å².